The molecule has 1 aromatic carbocycles. The summed E-state index contributed by atoms with van der Waals surface area (Å²) in [7, 11) is 0. The van der Waals surface area contributed by atoms with Crippen LogP contribution in [0.25, 0.3) is 0 Å². The summed E-state index contributed by atoms with van der Waals surface area (Å²) in [6, 6.07) is 10.3. The Morgan fingerprint density at radius 3 is 2.75 bits per heavy atom. The highest BCUT2D eigenvalue weighted by atomic mass is 35.5. The van der Waals surface area contributed by atoms with E-state index in [9.17, 15) is 4.79 Å². The Kier molecular flexibility index (Phi) is 7.41. The maximum atomic E-state index is 12.5. The van der Waals surface area contributed by atoms with Crippen molar-refractivity contribution in [2.75, 3.05) is 13.1 Å². The zero-order valence-electron chi connectivity index (χ0n) is 11.8. The molecule has 0 aromatic heterocycles. The number of amides is 1. The number of halogens is 1. The first-order valence-corrected chi connectivity index (χ1v) is 7.84. The molecule has 2 rings (SSSR count). The number of hydrogen-bond donors (Lipinski definition) is 1. The summed E-state index contributed by atoms with van der Waals surface area (Å²) < 4.78 is 0. The quantitative estimate of drug-likeness (QED) is 0.869. The molecule has 0 bridgehead atoms. The number of carbonyl (C=O) groups excluding carboxylic acids is 1. The van der Waals surface area contributed by atoms with E-state index in [1.165, 1.54) is 0 Å². The van der Waals surface area contributed by atoms with E-state index >= 15 is 0 Å². The van der Waals surface area contributed by atoms with Crippen LogP contribution in [-0.2, 0) is 4.79 Å². The summed E-state index contributed by atoms with van der Waals surface area (Å²) in [5.74, 6) is 0.242. The molecule has 20 heavy (non-hydrogen) atoms. The molecule has 5 heteroatoms. The zero-order valence-corrected chi connectivity index (χ0v) is 13.5. The van der Waals surface area contributed by atoms with Crippen LogP contribution in [0, 0.1) is 0 Å². The first kappa shape index (κ1) is 17.3. The van der Waals surface area contributed by atoms with Crippen molar-refractivity contribution in [3.63, 3.8) is 0 Å². The van der Waals surface area contributed by atoms with Crippen LogP contribution in [0.2, 0.25) is 0 Å². The van der Waals surface area contributed by atoms with Gasteiger partial charge in [-0.2, -0.15) is 0 Å². The largest absolute Gasteiger partial charge is 0.340 e. The summed E-state index contributed by atoms with van der Waals surface area (Å²) in [5, 5.41) is 0.00713. The van der Waals surface area contributed by atoms with Gasteiger partial charge in [-0.3, -0.25) is 4.79 Å². The standard InChI is InChI=1S/C15H22N2OS.ClH/c1-2-14(19-13-8-4-3-5-9-13)15(18)17-10-6-7-12(16)11-17;/h3-5,8-9,12,14H,2,6-7,10-11,16H2,1H3;1H. The molecule has 1 aliphatic heterocycles. The van der Waals surface area contributed by atoms with Crippen molar-refractivity contribution in [3.05, 3.63) is 30.3 Å². The lowest BCUT2D eigenvalue weighted by Crippen LogP contribution is -2.48. The topological polar surface area (TPSA) is 46.3 Å². The fourth-order valence-corrected chi connectivity index (χ4v) is 3.44. The lowest BCUT2D eigenvalue weighted by atomic mass is 10.1. The van der Waals surface area contributed by atoms with Crippen molar-refractivity contribution in [1.82, 2.24) is 4.90 Å². The minimum Gasteiger partial charge on any atom is -0.340 e. The Morgan fingerprint density at radius 2 is 2.15 bits per heavy atom. The van der Waals surface area contributed by atoms with Crippen LogP contribution in [0.4, 0.5) is 0 Å². The number of likely N-dealkylation sites (tertiary alicyclic amines) is 1. The number of nitrogens with zero attached hydrogens (tertiary/aromatic N) is 1. The fraction of sp³-hybridized carbons (Fsp3) is 0.533. The van der Waals surface area contributed by atoms with Crippen LogP contribution < -0.4 is 5.73 Å². The minimum atomic E-state index is 0. The van der Waals surface area contributed by atoms with Gasteiger partial charge in [0.2, 0.25) is 5.91 Å². The van der Waals surface area contributed by atoms with E-state index in [1.807, 2.05) is 23.1 Å². The summed E-state index contributed by atoms with van der Waals surface area (Å²) in [6.45, 7) is 3.64. The van der Waals surface area contributed by atoms with E-state index in [1.54, 1.807) is 11.8 Å². The Labute approximate surface area is 131 Å². The Balaban J connectivity index is 0.00000200. The first-order chi connectivity index (χ1) is 9.20. The van der Waals surface area contributed by atoms with Crippen LogP contribution >= 0.6 is 24.2 Å². The maximum absolute atomic E-state index is 12.5. The molecule has 1 fully saturated rings. The predicted octanol–water partition coefficient (Wildman–Crippen LogP) is 2.93. The van der Waals surface area contributed by atoms with Crippen molar-refractivity contribution >= 4 is 30.1 Å². The minimum absolute atomic E-state index is 0. The van der Waals surface area contributed by atoms with E-state index in [2.05, 4.69) is 19.1 Å². The van der Waals surface area contributed by atoms with Gasteiger partial charge in [0.1, 0.15) is 0 Å². The second-order valence-corrected chi connectivity index (χ2v) is 6.29. The SMILES string of the molecule is CCC(Sc1ccccc1)C(=O)N1CCCC(N)C1.Cl. The smallest absolute Gasteiger partial charge is 0.236 e. The summed E-state index contributed by atoms with van der Waals surface area (Å²) in [4.78, 5) is 15.6. The van der Waals surface area contributed by atoms with Gasteiger partial charge in [0.05, 0.1) is 5.25 Å². The van der Waals surface area contributed by atoms with Gasteiger partial charge in [-0.1, -0.05) is 25.1 Å². The number of nitrogens with two attached hydrogens (primary N) is 1. The Bertz CT molecular complexity index is 416. The van der Waals surface area contributed by atoms with Crippen LogP contribution in [0.1, 0.15) is 26.2 Å². The third-order valence-electron chi connectivity index (χ3n) is 3.44. The summed E-state index contributed by atoms with van der Waals surface area (Å²) in [5.41, 5.74) is 5.96. The Morgan fingerprint density at radius 1 is 1.45 bits per heavy atom. The lowest BCUT2D eigenvalue weighted by molar-refractivity contribution is -0.131. The molecule has 0 radical (unpaired) electrons. The van der Waals surface area contributed by atoms with Gasteiger partial charge < -0.3 is 10.6 Å². The predicted molar refractivity (Wildman–Crippen MR) is 87.4 cm³/mol. The molecule has 3 nitrogen and oxygen atoms in total. The van der Waals surface area contributed by atoms with E-state index in [0.29, 0.717) is 6.54 Å². The van der Waals surface area contributed by atoms with E-state index < -0.39 is 0 Å². The van der Waals surface area contributed by atoms with Crippen molar-refractivity contribution in [1.29, 1.82) is 0 Å². The molecule has 0 saturated carbocycles. The highest BCUT2D eigenvalue weighted by Crippen LogP contribution is 2.27. The van der Waals surface area contributed by atoms with E-state index in [-0.39, 0.29) is 29.6 Å². The number of rotatable bonds is 4. The van der Waals surface area contributed by atoms with Gasteiger partial charge in [-0.05, 0) is 31.4 Å². The molecular weight excluding hydrogens is 292 g/mol. The maximum Gasteiger partial charge on any atom is 0.236 e. The number of hydrogen-bond acceptors (Lipinski definition) is 3. The molecule has 1 amide bonds. The summed E-state index contributed by atoms with van der Waals surface area (Å²) in [6.07, 6.45) is 2.91. The van der Waals surface area contributed by atoms with Crippen LogP contribution in [0.5, 0.6) is 0 Å². The number of benzene rings is 1. The zero-order chi connectivity index (χ0) is 13.7. The molecule has 112 valence electrons. The van der Waals surface area contributed by atoms with Crippen molar-refractivity contribution < 1.29 is 4.79 Å². The van der Waals surface area contributed by atoms with Crippen molar-refractivity contribution in [2.24, 2.45) is 5.73 Å². The number of thioether (sulfide) groups is 1. The molecule has 1 aliphatic rings. The first-order valence-electron chi connectivity index (χ1n) is 6.96. The Hall–Kier alpha value is -0.710. The van der Waals surface area contributed by atoms with Crippen LogP contribution in [0.3, 0.4) is 0 Å². The second-order valence-electron chi connectivity index (χ2n) is 5.01. The van der Waals surface area contributed by atoms with Crippen LogP contribution in [-0.4, -0.2) is 35.2 Å². The highest BCUT2D eigenvalue weighted by Gasteiger charge is 2.27. The van der Waals surface area contributed by atoms with Gasteiger partial charge in [0, 0.05) is 24.0 Å². The number of piperidine rings is 1. The molecule has 1 heterocycles. The van der Waals surface area contributed by atoms with E-state index in [0.717, 1.165) is 30.7 Å². The molecule has 2 N–H and O–H groups in total. The average molecular weight is 315 g/mol. The monoisotopic (exact) mass is 314 g/mol. The molecule has 0 spiro atoms. The second kappa shape index (κ2) is 8.55. The van der Waals surface area contributed by atoms with Gasteiger partial charge >= 0.3 is 0 Å². The average Bonchev–Trinajstić information content (AvgIpc) is 2.45. The molecule has 0 aliphatic carbocycles. The molecule has 2 unspecified atom stereocenters. The van der Waals surface area contributed by atoms with Crippen LogP contribution in [0.15, 0.2) is 35.2 Å². The van der Waals surface area contributed by atoms with Gasteiger partial charge in [0.15, 0.2) is 0 Å². The number of carbonyl (C=O) groups is 1. The van der Waals surface area contributed by atoms with Gasteiger partial charge in [-0.15, -0.1) is 24.2 Å². The van der Waals surface area contributed by atoms with Crippen molar-refractivity contribution in [2.45, 2.75) is 42.4 Å². The van der Waals surface area contributed by atoms with Crippen molar-refractivity contribution in [3.8, 4) is 0 Å². The third kappa shape index (κ3) is 4.69. The molecule has 1 aromatic rings. The molecule has 2 atom stereocenters. The van der Waals surface area contributed by atoms with Gasteiger partial charge in [-0.25, -0.2) is 0 Å². The molecular formula is C15H23ClN2OS. The normalized spacial score (nSPS) is 20.1. The lowest BCUT2D eigenvalue weighted by Gasteiger charge is -2.33. The highest BCUT2D eigenvalue weighted by molar-refractivity contribution is 8.00. The fourth-order valence-electron chi connectivity index (χ4n) is 2.39. The van der Waals surface area contributed by atoms with Gasteiger partial charge in [0.25, 0.3) is 0 Å². The third-order valence-corrected chi connectivity index (χ3v) is 4.80. The summed E-state index contributed by atoms with van der Waals surface area (Å²) >= 11 is 1.66. The van der Waals surface area contributed by atoms with E-state index in [4.69, 9.17) is 5.73 Å². The molecule has 1 saturated heterocycles.